The third kappa shape index (κ3) is 2.96. The van der Waals surface area contributed by atoms with Crippen LogP contribution in [0.2, 0.25) is 0 Å². The number of carboxylic acids is 1. The van der Waals surface area contributed by atoms with E-state index in [9.17, 15) is 4.79 Å². The SMILES string of the molecule is O=C(O)CONc1nccs1. The highest BCUT2D eigenvalue weighted by Crippen LogP contribution is 2.09. The number of aliphatic carboxylic acids is 1. The fraction of sp³-hybridized carbons (Fsp3) is 0.200. The van der Waals surface area contributed by atoms with Gasteiger partial charge in [-0.2, -0.15) is 0 Å². The molecule has 1 aromatic heterocycles. The van der Waals surface area contributed by atoms with Gasteiger partial charge in [0.25, 0.3) is 0 Å². The minimum atomic E-state index is -1.02. The summed E-state index contributed by atoms with van der Waals surface area (Å²) in [6, 6.07) is 0. The summed E-state index contributed by atoms with van der Waals surface area (Å²) in [5, 5.41) is 10.5. The number of anilines is 1. The van der Waals surface area contributed by atoms with E-state index in [1.165, 1.54) is 11.3 Å². The molecule has 0 atom stereocenters. The Hall–Kier alpha value is -1.14. The Balaban J connectivity index is 2.19. The number of thiazole rings is 1. The Labute approximate surface area is 66.6 Å². The van der Waals surface area contributed by atoms with Crippen LogP contribution in [0.4, 0.5) is 5.13 Å². The zero-order chi connectivity index (χ0) is 8.10. The van der Waals surface area contributed by atoms with Gasteiger partial charge in [-0.15, -0.1) is 11.3 Å². The van der Waals surface area contributed by atoms with Gasteiger partial charge in [0.15, 0.2) is 6.61 Å². The molecule has 0 fully saturated rings. The molecule has 0 saturated carbocycles. The molecule has 0 spiro atoms. The van der Waals surface area contributed by atoms with Crippen LogP contribution in [0.5, 0.6) is 0 Å². The summed E-state index contributed by atoms with van der Waals surface area (Å²) in [5.74, 6) is -1.02. The molecule has 0 aliphatic carbocycles. The quantitative estimate of drug-likeness (QED) is 0.653. The first kappa shape index (κ1) is 7.96. The molecule has 60 valence electrons. The average Bonchev–Trinajstić information content (AvgIpc) is 2.39. The van der Waals surface area contributed by atoms with E-state index in [1.807, 2.05) is 0 Å². The third-order valence-electron chi connectivity index (χ3n) is 0.787. The molecule has 1 heterocycles. The summed E-state index contributed by atoms with van der Waals surface area (Å²) in [7, 11) is 0. The molecule has 0 amide bonds. The number of hydrogen-bond donors (Lipinski definition) is 2. The predicted octanol–water partition coefficient (Wildman–Crippen LogP) is 0.571. The maximum Gasteiger partial charge on any atom is 0.332 e. The van der Waals surface area contributed by atoms with Crippen molar-refractivity contribution >= 4 is 22.4 Å². The van der Waals surface area contributed by atoms with E-state index >= 15 is 0 Å². The van der Waals surface area contributed by atoms with Crippen LogP contribution in [-0.4, -0.2) is 22.7 Å². The zero-order valence-corrected chi connectivity index (χ0v) is 6.30. The Morgan fingerprint density at radius 2 is 2.73 bits per heavy atom. The lowest BCUT2D eigenvalue weighted by Crippen LogP contribution is -2.10. The maximum atomic E-state index is 9.95. The van der Waals surface area contributed by atoms with E-state index in [0.29, 0.717) is 5.13 Å². The second-order valence-electron chi connectivity index (χ2n) is 1.62. The summed E-state index contributed by atoms with van der Waals surface area (Å²) in [4.78, 5) is 18.3. The average molecular weight is 174 g/mol. The first-order valence-electron chi connectivity index (χ1n) is 2.78. The summed E-state index contributed by atoms with van der Waals surface area (Å²) >= 11 is 1.33. The van der Waals surface area contributed by atoms with Crippen molar-refractivity contribution in [3.05, 3.63) is 11.6 Å². The molecule has 1 rings (SSSR count). The van der Waals surface area contributed by atoms with Gasteiger partial charge in [-0.1, -0.05) is 0 Å². The highest BCUT2D eigenvalue weighted by molar-refractivity contribution is 7.13. The van der Waals surface area contributed by atoms with Crippen molar-refractivity contribution in [3.8, 4) is 0 Å². The van der Waals surface area contributed by atoms with Crippen molar-refractivity contribution in [3.63, 3.8) is 0 Å². The molecule has 0 saturated heterocycles. The summed E-state index contributed by atoms with van der Waals surface area (Å²) in [6.07, 6.45) is 1.59. The van der Waals surface area contributed by atoms with Crippen molar-refractivity contribution in [1.82, 2.24) is 4.98 Å². The number of rotatable bonds is 4. The molecule has 0 unspecified atom stereocenters. The second kappa shape index (κ2) is 3.89. The fourth-order valence-corrected chi connectivity index (χ4v) is 0.913. The zero-order valence-electron chi connectivity index (χ0n) is 5.48. The van der Waals surface area contributed by atoms with Gasteiger partial charge >= 0.3 is 5.97 Å². The van der Waals surface area contributed by atoms with Crippen molar-refractivity contribution in [2.24, 2.45) is 0 Å². The van der Waals surface area contributed by atoms with Crippen molar-refractivity contribution in [2.75, 3.05) is 12.1 Å². The van der Waals surface area contributed by atoms with Crippen LogP contribution in [0, 0.1) is 0 Å². The van der Waals surface area contributed by atoms with Gasteiger partial charge < -0.3 is 5.11 Å². The summed E-state index contributed by atoms with van der Waals surface area (Å²) < 4.78 is 0. The molecular formula is C5H6N2O3S. The Morgan fingerprint density at radius 1 is 1.91 bits per heavy atom. The molecule has 0 aliphatic heterocycles. The van der Waals surface area contributed by atoms with E-state index in [2.05, 4.69) is 15.3 Å². The molecule has 0 aromatic carbocycles. The fourth-order valence-electron chi connectivity index (χ4n) is 0.433. The van der Waals surface area contributed by atoms with Crippen LogP contribution in [0.1, 0.15) is 0 Å². The molecule has 11 heavy (non-hydrogen) atoms. The largest absolute Gasteiger partial charge is 0.479 e. The minimum Gasteiger partial charge on any atom is -0.479 e. The van der Waals surface area contributed by atoms with E-state index < -0.39 is 5.97 Å². The molecule has 2 N–H and O–H groups in total. The Morgan fingerprint density at radius 3 is 3.27 bits per heavy atom. The van der Waals surface area contributed by atoms with Gasteiger partial charge in [0.1, 0.15) is 0 Å². The lowest BCUT2D eigenvalue weighted by molar-refractivity contribution is -0.141. The van der Waals surface area contributed by atoms with E-state index in [-0.39, 0.29) is 6.61 Å². The van der Waals surface area contributed by atoms with Gasteiger partial charge in [-0.3, -0.25) is 4.84 Å². The molecule has 0 radical (unpaired) electrons. The van der Waals surface area contributed by atoms with Gasteiger partial charge in [0.05, 0.1) is 0 Å². The number of nitrogens with one attached hydrogen (secondary N) is 1. The first-order valence-corrected chi connectivity index (χ1v) is 3.66. The normalized spacial score (nSPS) is 9.45. The standard InChI is InChI=1S/C5H6N2O3S/c8-4(9)3-10-7-5-6-1-2-11-5/h1-2H,3H2,(H,6,7)(H,8,9). The van der Waals surface area contributed by atoms with Crippen molar-refractivity contribution < 1.29 is 14.7 Å². The van der Waals surface area contributed by atoms with Gasteiger partial charge in [-0.05, 0) is 0 Å². The maximum absolute atomic E-state index is 9.95. The van der Waals surface area contributed by atoms with E-state index in [4.69, 9.17) is 5.11 Å². The second-order valence-corrected chi connectivity index (χ2v) is 2.52. The van der Waals surface area contributed by atoms with Crippen LogP contribution >= 0.6 is 11.3 Å². The van der Waals surface area contributed by atoms with Crippen LogP contribution in [0.15, 0.2) is 11.6 Å². The summed E-state index contributed by atoms with van der Waals surface area (Å²) in [6.45, 7) is -0.375. The summed E-state index contributed by atoms with van der Waals surface area (Å²) in [5.41, 5.74) is 2.38. The van der Waals surface area contributed by atoms with Gasteiger partial charge in [-0.25, -0.2) is 15.3 Å². The molecular weight excluding hydrogens is 168 g/mol. The lowest BCUT2D eigenvalue weighted by atomic mass is 10.8. The highest BCUT2D eigenvalue weighted by atomic mass is 32.1. The Kier molecular flexibility index (Phi) is 2.82. The lowest BCUT2D eigenvalue weighted by Gasteiger charge is -1.98. The third-order valence-corrected chi connectivity index (χ3v) is 1.46. The van der Waals surface area contributed by atoms with Crippen molar-refractivity contribution in [1.29, 1.82) is 0 Å². The molecule has 0 aliphatic rings. The van der Waals surface area contributed by atoms with Crippen LogP contribution in [-0.2, 0) is 9.63 Å². The number of carboxylic acid groups (broad SMARTS) is 1. The number of carbonyl (C=O) groups is 1. The first-order chi connectivity index (χ1) is 5.29. The molecule has 1 aromatic rings. The highest BCUT2D eigenvalue weighted by Gasteiger charge is 1.97. The van der Waals surface area contributed by atoms with Crippen LogP contribution < -0.4 is 5.48 Å². The van der Waals surface area contributed by atoms with Crippen LogP contribution in [0.25, 0.3) is 0 Å². The number of aromatic nitrogens is 1. The van der Waals surface area contributed by atoms with Gasteiger partial charge in [0, 0.05) is 11.6 Å². The van der Waals surface area contributed by atoms with Crippen LogP contribution in [0.3, 0.4) is 0 Å². The topological polar surface area (TPSA) is 71.5 Å². The number of hydrogen-bond acceptors (Lipinski definition) is 5. The number of nitrogens with zero attached hydrogens (tertiary/aromatic N) is 1. The Bertz CT molecular complexity index is 224. The smallest absolute Gasteiger partial charge is 0.332 e. The predicted molar refractivity (Wildman–Crippen MR) is 39.3 cm³/mol. The minimum absolute atomic E-state index is 0.375. The molecule has 0 bridgehead atoms. The van der Waals surface area contributed by atoms with E-state index in [1.54, 1.807) is 11.6 Å². The molecule has 6 heteroatoms. The van der Waals surface area contributed by atoms with Gasteiger partial charge in [0.2, 0.25) is 5.13 Å². The monoisotopic (exact) mass is 174 g/mol. The van der Waals surface area contributed by atoms with E-state index in [0.717, 1.165) is 0 Å². The molecule has 5 nitrogen and oxygen atoms in total. The van der Waals surface area contributed by atoms with Crippen molar-refractivity contribution in [2.45, 2.75) is 0 Å².